The first-order valence-electron chi connectivity index (χ1n) is 9.18. The fraction of sp³-hybridized carbons (Fsp3) is 0.300. The minimum Gasteiger partial charge on any atom is -0.497 e. The molecular formula is C20H23N3O4S2. The molecule has 1 N–H and O–H groups in total. The Bertz CT molecular complexity index is 1000. The molecule has 2 aromatic rings. The Hall–Kier alpha value is -2.52. The summed E-state index contributed by atoms with van der Waals surface area (Å²) < 4.78 is 34.1. The molecule has 1 amide bonds. The molecule has 0 aromatic heterocycles. The van der Waals surface area contributed by atoms with E-state index in [-0.39, 0.29) is 16.6 Å². The molecule has 0 saturated carbocycles. The number of ether oxygens (including phenoxy) is 1. The van der Waals surface area contributed by atoms with Gasteiger partial charge >= 0.3 is 0 Å². The monoisotopic (exact) mass is 433 g/mol. The number of hydrogen-bond donors (Lipinski definition) is 1. The minimum absolute atomic E-state index is 0.0763. The summed E-state index contributed by atoms with van der Waals surface area (Å²) in [5, 5.41) is 3.16. The number of sulfonamides is 1. The molecule has 0 unspecified atom stereocenters. The van der Waals surface area contributed by atoms with Crippen molar-refractivity contribution in [2.24, 2.45) is 4.40 Å². The van der Waals surface area contributed by atoms with Gasteiger partial charge in [-0.2, -0.15) is 8.42 Å². The van der Waals surface area contributed by atoms with Crippen LogP contribution in [0.5, 0.6) is 5.75 Å². The summed E-state index contributed by atoms with van der Waals surface area (Å²) in [5.41, 5.74) is 1.55. The van der Waals surface area contributed by atoms with Crippen LogP contribution in [0.15, 0.2) is 57.8 Å². The van der Waals surface area contributed by atoms with E-state index in [1.54, 1.807) is 31.4 Å². The molecule has 3 rings (SSSR count). The SMILES string of the molecule is CCCN1C(SCC(=O)NCc2ccc(OC)cc2)=NS(=O)(=O)c2ccccc21. The van der Waals surface area contributed by atoms with E-state index in [2.05, 4.69) is 9.71 Å². The lowest BCUT2D eigenvalue weighted by Gasteiger charge is -2.29. The summed E-state index contributed by atoms with van der Waals surface area (Å²) in [6.07, 6.45) is 0.817. The third-order valence-electron chi connectivity index (χ3n) is 4.29. The Balaban J connectivity index is 1.65. The van der Waals surface area contributed by atoms with Crippen LogP contribution in [0.1, 0.15) is 18.9 Å². The number of para-hydroxylation sites is 1. The molecule has 0 fully saturated rings. The van der Waals surface area contributed by atoms with Crippen molar-refractivity contribution in [3.05, 3.63) is 54.1 Å². The number of nitrogens with zero attached hydrogens (tertiary/aromatic N) is 2. The minimum atomic E-state index is -3.77. The van der Waals surface area contributed by atoms with Crippen molar-refractivity contribution in [3.63, 3.8) is 0 Å². The molecule has 0 saturated heterocycles. The van der Waals surface area contributed by atoms with Crippen LogP contribution in [0, 0.1) is 0 Å². The van der Waals surface area contributed by atoms with Gasteiger partial charge in [-0.3, -0.25) is 4.79 Å². The van der Waals surface area contributed by atoms with E-state index in [1.165, 1.54) is 0 Å². The lowest BCUT2D eigenvalue weighted by Crippen LogP contribution is -2.36. The predicted molar refractivity (Wildman–Crippen MR) is 116 cm³/mol. The van der Waals surface area contributed by atoms with Crippen LogP contribution in [0.3, 0.4) is 0 Å². The summed E-state index contributed by atoms with van der Waals surface area (Å²) in [5.74, 6) is 0.636. The first-order valence-corrected chi connectivity index (χ1v) is 11.6. The number of fused-ring (bicyclic) bond motifs is 1. The average molecular weight is 434 g/mol. The number of amidine groups is 1. The number of rotatable bonds is 7. The van der Waals surface area contributed by atoms with E-state index in [1.807, 2.05) is 36.1 Å². The number of hydrogen-bond acceptors (Lipinski definition) is 6. The van der Waals surface area contributed by atoms with Gasteiger partial charge in [0, 0.05) is 13.1 Å². The molecule has 0 atom stereocenters. The quantitative estimate of drug-likeness (QED) is 0.722. The Labute approximate surface area is 175 Å². The Morgan fingerprint density at radius 2 is 1.90 bits per heavy atom. The van der Waals surface area contributed by atoms with Gasteiger partial charge in [0.05, 0.1) is 18.6 Å². The summed E-state index contributed by atoms with van der Waals surface area (Å²) in [4.78, 5) is 14.3. The van der Waals surface area contributed by atoms with Gasteiger partial charge in [-0.05, 0) is 36.2 Å². The molecule has 0 spiro atoms. The zero-order chi connectivity index (χ0) is 20.9. The van der Waals surface area contributed by atoms with Crippen molar-refractivity contribution in [1.29, 1.82) is 0 Å². The van der Waals surface area contributed by atoms with Gasteiger partial charge in [0.2, 0.25) is 5.91 Å². The molecule has 9 heteroatoms. The summed E-state index contributed by atoms with van der Waals surface area (Å²) in [6.45, 7) is 3.01. The summed E-state index contributed by atoms with van der Waals surface area (Å²) in [7, 11) is -2.17. The lowest BCUT2D eigenvalue weighted by atomic mass is 10.2. The van der Waals surface area contributed by atoms with Crippen LogP contribution >= 0.6 is 11.8 Å². The van der Waals surface area contributed by atoms with Crippen LogP contribution in [0.25, 0.3) is 0 Å². The highest BCUT2D eigenvalue weighted by molar-refractivity contribution is 8.15. The highest BCUT2D eigenvalue weighted by Crippen LogP contribution is 2.34. The fourth-order valence-electron chi connectivity index (χ4n) is 2.87. The maximum Gasteiger partial charge on any atom is 0.286 e. The maximum atomic E-state index is 12.5. The molecule has 0 aliphatic carbocycles. The molecule has 1 aliphatic rings. The van der Waals surface area contributed by atoms with Crippen molar-refractivity contribution >= 4 is 38.5 Å². The molecule has 1 heterocycles. The second-order valence-corrected chi connectivity index (χ2v) is 8.90. The van der Waals surface area contributed by atoms with Gasteiger partial charge in [-0.15, -0.1) is 4.40 Å². The fourth-order valence-corrected chi connectivity index (χ4v) is 5.18. The van der Waals surface area contributed by atoms with E-state index in [0.717, 1.165) is 29.5 Å². The van der Waals surface area contributed by atoms with Crippen molar-refractivity contribution in [3.8, 4) is 5.75 Å². The topological polar surface area (TPSA) is 88.1 Å². The van der Waals surface area contributed by atoms with E-state index in [0.29, 0.717) is 23.9 Å². The Morgan fingerprint density at radius 1 is 1.17 bits per heavy atom. The standard InChI is InChI=1S/C20H23N3O4S2/c1-3-12-23-17-6-4-5-7-18(17)29(25,26)22-20(23)28-14-19(24)21-13-15-8-10-16(27-2)11-9-15/h4-11H,3,12-14H2,1-2H3,(H,21,24). The van der Waals surface area contributed by atoms with Crippen molar-refractivity contribution in [2.45, 2.75) is 24.8 Å². The predicted octanol–water partition coefficient (Wildman–Crippen LogP) is 3.02. The molecule has 0 radical (unpaired) electrons. The van der Waals surface area contributed by atoms with Gasteiger partial charge in [0.25, 0.3) is 10.0 Å². The van der Waals surface area contributed by atoms with Gasteiger partial charge in [-0.25, -0.2) is 0 Å². The molecule has 2 aromatic carbocycles. The van der Waals surface area contributed by atoms with Crippen molar-refractivity contribution in [2.75, 3.05) is 24.3 Å². The van der Waals surface area contributed by atoms with Crippen LogP contribution < -0.4 is 15.0 Å². The molecule has 29 heavy (non-hydrogen) atoms. The highest BCUT2D eigenvalue weighted by Gasteiger charge is 2.30. The van der Waals surface area contributed by atoms with E-state index in [9.17, 15) is 13.2 Å². The number of thioether (sulfide) groups is 1. The largest absolute Gasteiger partial charge is 0.497 e. The third-order valence-corrected chi connectivity index (χ3v) is 6.70. The van der Waals surface area contributed by atoms with Crippen LogP contribution in [-0.2, 0) is 21.4 Å². The van der Waals surface area contributed by atoms with Crippen LogP contribution in [0.2, 0.25) is 0 Å². The van der Waals surface area contributed by atoms with E-state index < -0.39 is 10.0 Å². The number of anilines is 1. The van der Waals surface area contributed by atoms with Gasteiger partial charge in [0.1, 0.15) is 10.6 Å². The second kappa shape index (κ2) is 9.32. The third kappa shape index (κ3) is 5.10. The Kier molecular flexibility index (Phi) is 6.81. The molecular weight excluding hydrogens is 410 g/mol. The number of nitrogens with one attached hydrogen (secondary N) is 1. The van der Waals surface area contributed by atoms with Crippen LogP contribution in [-0.4, -0.2) is 38.9 Å². The van der Waals surface area contributed by atoms with Crippen molar-refractivity contribution in [1.82, 2.24) is 5.32 Å². The second-order valence-electron chi connectivity index (χ2n) is 6.38. The molecule has 1 aliphatic heterocycles. The van der Waals surface area contributed by atoms with Gasteiger partial charge in [-0.1, -0.05) is 43.0 Å². The van der Waals surface area contributed by atoms with Gasteiger partial charge in [0.15, 0.2) is 5.17 Å². The zero-order valence-electron chi connectivity index (χ0n) is 16.3. The van der Waals surface area contributed by atoms with E-state index >= 15 is 0 Å². The number of methoxy groups -OCH3 is 1. The van der Waals surface area contributed by atoms with Crippen LogP contribution in [0.4, 0.5) is 5.69 Å². The normalized spacial score (nSPS) is 14.7. The number of amides is 1. The maximum absolute atomic E-state index is 12.5. The lowest BCUT2D eigenvalue weighted by molar-refractivity contribution is -0.118. The summed E-state index contributed by atoms with van der Waals surface area (Å²) in [6, 6.07) is 14.2. The smallest absolute Gasteiger partial charge is 0.286 e. The number of benzene rings is 2. The first kappa shape index (κ1) is 21.2. The van der Waals surface area contributed by atoms with Crippen molar-refractivity contribution < 1.29 is 17.9 Å². The average Bonchev–Trinajstić information content (AvgIpc) is 2.73. The molecule has 154 valence electrons. The number of carbonyl (C=O) groups excluding carboxylic acids is 1. The first-order chi connectivity index (χ1) is 13.9. The van der Waals surface area contributed by atoms with E-state index in [4.69, 9.17) is 4.74 Å². The van der Waals surface area contributed by atoms with Gasteiger partial charge < -0.3 is 15.0 Å². The summed E-state index contributed by atoms with van der Waals surface area (Å²) >= 11 is 1.13. The zero-order valence-corrected chi connectivity index (χ0v) is 17.9. The molecule has 0 bridgehead atoms. The Morgan fingerprint density at radius 3 is 2.59 bits per heavy atom. The highest BCUT2D eigenvalue weighted by atomic mass is 32.2. The number of carbonyl (C=O) groups is 1. The molecule has 7 nitrogen and oxygen atoms in total.